The van der Waals surface area contributed by atoms with Crippen molar-refractivity contribution in [2.45, 2.75) is 31.7 Å². The first-order chi connectivity index (χ1) is 9.66. The van der Waals surface area contributed by atoms with E-state index in [-0.39, 0.29) is 17.9 Å². The Kier molecular flexibility index (Phi) is 3.89. The second-order valence-electron chi connectivity index (χ2n) is 5.52. The molecule has 20 heavy (non-hydrogen) atoms. The Morgan fingerprint density at radius 1 is 1.05 bits per heavy atom. The van der Waals surface area contributed by atoms with Gasteiger partial charge in [-0.05, 0) is 43.5 Å². The lowest BCUT2D eigenvalue weighted by Crippen LogP contribution is -3.17. The number of piperidine rings is 1. The van der Waals surface area contributed by atoms with Gasteiger partial charge in [-0.25, -0.2) is 4.90 Å². The summed E-state index contributed by atoms with van der Waals surface area (Å²) in [5.74, 6) is -0.102. The van der Waals surface area contributed by atoms with E-state index in [0.717, 1.165) is 30.4 Å². The summed E-state index contributed by atoms with van der Waals surface area (Å²) in [6, 6.07) is 7.17. The maximum absolute atomic E-state index is 12.6. The van der Waals surface area contributed by atoms with Crippen molar-refractivity contribution < 1.29 is 14.5 Å². The minimum Gasteiger partial charge on any atom is -0.324 e. The Labute approximate surface area is 126 Å². The van der Waals surface area contributed by atoms with Crippen molar-refractivity contribution in [3.8, 4) is 0 Å². The number of rotatable bonds is 2. The topological polar surface area (TPSA) is 41.8 Å². The van der Waals surface area contributed by atoms with E-state index in [2.05, 4.69) is 15.9 Å². The SMILES string of the molecule is O=C1C[C@@H]([NH+]2CCCCC2)C(=O)N1c1ccc(Br)cc1. The van der Waals surface area contributed by atoms with Crippen molar-refractivity contribution in [2.75, 3.05) is 18.0 Å². The van der Waals surface area contributed by atoms with Crippen molar-refractivity contribution >= 4 is 33.4 Å². The number of likely N-dealkylation sites (tertiary alicyclic amines) is 1. The molecular formula is C15H18BrN2O2+. The van der Waals surface area contributed by atoms with Crippen LogP contribution in [0.15, 0.2) is 28.7 Å². The number of amides is 2. The summed E-state index contributed by atoms with van der Waals surface area (Å²) in [6.45, 7) is 2.02. The van der Waals surface area contributed by atoms with Crippen LogP contribution in [0.5, 0.6) is 0 Å². The average Bonchev–Trinajstić information content (AvgIpc) is 2.76. The fourth-order valence-electron chi connectivity index (χ4n) is 3.17. The van der Waals surface area contributed by atoms with Crippen LogP contribution in [0.3, 0.4) is 0 Å². The molecule has 0 aliphatic carbocycles. The molecule has 2 heterocycles. The van der Waals surface area contributed by atoms with Crippen LogP contribution in [-0.2, 0) is 9.59 Å². The van der Waals surface area contributed by atoms with Crippen LogP contribution in [0.4, 0.5) is 5.69 Å². The maximum Gasteiger partial charge on any atom is 0.292 e. The minimum atomic E-state index is -0.175. The monoisotopic (exact) mass is 337 g/mol. The van der Waals surface area contributed by atoms with Gasteiger partial charge in [-0.3, -0.25) is 9.59 Å². The summed E-state index contributed by atoms with van der Waals surface area (Å²) in [5.41, 5.74) is 0.683. The van der Waals surface area contributed by atoms with Crippen LogP contribution in [0.1, 0.15) is 25.7 Å². The van der Waals surface area contributed by atoms with E-state index < -0.39 is 0 Å². The quantitative estimate of drug-likeness (QED) is 0.822. The molecule has 0 saturated carbocycles. The molecule has 1 N–H and O–H groups in total. The molecule has 1 aromatic rings. The van der Waals surface area contributed by atoms with Crippen molar-refractivity contribution in [3.05, 3.63) is 28.7 Å². The van der Waals surface area contributed by atoms with Crippen LogP contribution in [0.25, 0.3) is 0 Å². The molecule has 0 spiro atoms. The zero-order valence-corrected chi connectivity index (χ0v) is 12.9. The molecule has 3 rings (SSSR count). The number of hydrogen-bond acceptors (Lipinski definition) is 2. The number of imide groups is 1. The van der Waals surface area contributed by atoms with Crippen LogP contribution in [-0.4, -0.2) is 30.9 Å². The van der Waals surface area contributed by atoms with Gasteiger partial charge in [0.15, 0.2) is 6.04 Å². The molecule has 0 radical (unpaired) electrons. The Bertz CT molecular complexity index is 523. The second kappa shape index (κ2) is 5.66. The van der Waals surface area contributed by atoms with E-state index in [1.807, 2.05) is 24.3 Å². The van der Waals surface area contributed by atoms with Gasteiger partial charge in [0.05, 0.1) is 25.2 Å². The second-order valence-corrected chi connectivity index (χ2v) is 6.44. The molecule has 1 aromatic carbocycles. The maximum atomic E-state index is 12.6. The fraction of sp³-hybridized carbons (Fsp3) is 0.467. The number of anilines is 1. The molecule has 1 atom stereocenters. The van der Waals surface area contributed by atoms with Gasteiger partial charge < -0.3 is 4.90 Å². The number of carbonyl (C=O) groups excluding carboxylic acids is 2. The highest BCUT2D eigenvalue weighted by molar-refractivity contribution is 9.10. The van der Waals surface area contributed by atoms with Gasteiger partial charge in [0.2, 0.25) is 5.91 Å². The molecule has 0 bridgehead atoms. The highest BCUT2D eigenvalue weighted by Crippen LogP contribution is 2.24. The summed E-state index contributed by atoms with van der Waals surface area (Å²) in [6.07, 6.45) is 3.91. The third-order valence-electron chi connectivity index (χ3n) is 4.22. The predicted molar refractivity (Wildman–Crippen MR) is 79.6 cm³/mol. The number of hydrogen-bond donors (Lipinski definition) is 1. The van der Waals surface area contributed by atoms with Crippen LogP contribution in [0.2, 0.25) is 0 Å². The molecule has 2 fully saturated rings. The summed E-state index contributed by atoms with van der Waals surface area (Å²) < 4.78 is 0.943. The molecule has 5 heteroatoms. The van der Waals surface area contributed by atoms with E-state index in [4.69, 9.17) is 0 Å². The summed E-state index contributed by atoms with van der Waals surface area (Å²) in [7, 11) is 0. The largest absolute Gasteiger partial charge is 0.324 e. The van der Waals surface area contributed by atoms with Crippen LogP contribution >= 0.6 is 15.9 Å². The van der Waals surface area contributed by atoms with Crippen molar-refractivity contribution in [3.63, 3.8) is 0 Å². The first-order valence-corrected chi connectivity index (χ1v) is 7.93. The lowest BCUT2D eigenvalue weighted by molar-refractivity contribution is -0.919. The normalized spacial score (nSPS) is 24.4. The number of benzene rings is 1. The number of nitrogens with zero attached hydrogens (tertiary/aromatic N) is 1. The minimum absolute atomic E-state index is 0.0331. The van der Waals surface area contributed by atoms with Gasteiger partial charge in [0, 0.05) is 4.47 Å². The summed E-state index contributed by atoms with van der Waals surface area (Å²) >= 11 is 3.37. The van der Waals surface area contributed by atoms with E-state index in [1.54, 1.807) is 0 Å². The molecule has 0 aromatic heterocycles. The number of nitrogens with one attached hydrogen (secondary N) is 1. The third-order valence-corrected chi connectivity index (χ3v) is 4.75. The van der Waals surface area contributed by atoms with Crippen molar-refractivity contribution in [1.29, 1.82) is 0 Å². The van der Waals surface area contributed by atoms with E-state index in [1.165, 1.54) is 16.2 Å². The van der Waals surface area contributed by atoms with Gasteiger partial charge in [-0.1, -0.05) is 15.9 Å². The number of quaternary nitrogens is 1. The molecule has 2 saturated heterocycles. The lowest BCUT2D eigenvalue weighted by atomic mass is 10.1. The zero-order chi connectivity index (χ0) is 14.1. The van der Waals surface area contributed by atoms with Crippen molar-refractivity contribution in [1.82, 2.24) is 0 Å². The Morgan fingerprint density at radius 2 is 1.70 bits per heavy atom. The van der Waals surface area contributed by atoms with E-state index >= 15 is 0 Å². The number of carbonyl (C=O) groups is 2. The smallest absolute Gasteiger partial charge is 0.292 e. The average molecular weight is 338 g/mol. The molecule has 0 unspecified atom stereocenters. The van der Waals surface area contributed by atoms with Crippen molar-refractivity contribution in [2.24, 2.45) is 0 Å². The lowest BCUT2D eigenvalue weighted by Gasteiger charge is -2.27. The van der Waals surface area contributed by atoms with Gasteiger partial charge >= 0.3 is 0 Å². The zero-order valence-electron chi connectivity index (χ0n) is 11.3. The molecule has 4 nitrogen and oxygen atoms in total. The number of halogens is 1. The van der Waals surface area contributed by atoms with Gasteiger partial charge in [0.1, 0.15) is 0 Å². The van der Waals surface area contributed by atoms with Gasteiger partial charge in [0.25, 0.3) is 5.91 Å². The molecule has 2 aliphatic heterocycles. The Hall–Kier alpha value is -1.20. The first-order valence-electron chi connectivity index (χ1n) is 7.14. The summed E-state index contributed by atoms with van der Waals surface area (Å²) in [4.78, 5) is 27.4. The Balaban J connectivity index is 1.81. The van der Waals surface area contributed by atoms with Crippen LogP contribution in [0, 0.1) is 0 Å². The Morgan fingerprint density at radius 3 is 2.35 bits per heavy atom. The molecule has 2 amide bonds. The summed E-state index contributed by atoms with van der Waals surface area (Å²) in [5, 5.41) is 0. The van der Waals surface area contributed by atoms with Gasteiger partial charge in [-0.15, -0.1) is 0 Å². The predicted octanol–water partition coefficient (Wildman–Crippen LogP) is 1.15. The molecule has 2 aliphatic rings. The molecule has 106 valence electrons. The highest BCUT2D eigenvalue weighted by Gasteiger charge is 2.45. The van der Waals surface area contributed by atoms with E-state index in [0.29, 0.717) is 12.1 Å². The standard InChI is InChI=1S/C15H17BrN2O2/c16-11-4-6-12(7-5-11)18-14(19)10-13(15(18)20)17-8-2-1-3-9-17/h4-7,13H,1-3,8-10H2/p+1/t13-/m1/s1. The van der Waals surface area contributed by atoms with Gasteiger partial charge in [-0.2, -0.15) is 0 Å². The molecular weight excluding hydrogens is 320 g/mol. The van der Waals surface area contributed by atoms with Crippen LogP contribution < -0.4 is 9.80 Å². The fourth-order valence-corrected chi connectivity index (χ4v) is 3.43. The first kappa shape index (κ1) is 13.8. The third kappa shape index (κ3) is 2.52. The highest BCUT2D eigenvalue weighted by atomic mass is 79.9. The van der Waals surface area contributed by atoms with E-state index in [9.17, 15) is 9.59 Å².